The van der Waals surface area contributed by atoms with Crippen LogP contribution in [-0.2, 0) is 4.79 Å². The van der Waals surface area contributed by atoms with Gasteiger partial charge in [-0.3, -0.25) is 4.98 Å². The van der Waals surface area contributed by atoms with E-state index in [1.807, 2.05) is 24.3 Å². The predicted molar refractivity (Wildman–Crippen MR) is 117 cm³/mol. The molecule has 0 atom stereocenters. The molecule has 0 unspecified atom stereocenters. The zero-order valence-corrected chi connectivity index (χ0v) is 16.3. The summed E-state index contributed by atoms with van der Waals surface area (Å²) in [5.41, 5.74) is 15.9. The molecule has 2 heterocycles. The van der Waals surface area contributed by atoms with Crippen molar-refractivity contribution >= 4 is 50.3 Å². The van der Waals surface area contributed by atoms with Gasteiger partial charge in [-0.25, -0.2) is 4.79 Å². The zero-order valence-electron chi connectivity index (χ0n) is 16.3. The van der Waals surface area contributed by atoms with Crippen molar-refractivity contribution in [1.82, 2.24) is 15.0 Å². The van der Waals surface area contributed by atoms with Gasteiger partial charge in [0, 0.05) is 22.5 Å². The average Bonchev–Trinajstić information content (AvgIpc) is 3.21. The van der Waals surface area contributed by atoms with Crippen LogP contribution in [0.5, 0.6) is 0 Å². The van der Waals surface area contributed by atoms with Crippen LogP contribution < -0.4 is 11.5 Å². The Hall–Kier alpha value is -4.34. The normalized spacial score (nSPS) is 11.5. The molecule has 32 heavy (non-hydrogen) atoms. The number of nitrogens with one attached hydrogen (secondary N) is 1. The molecule has 10 heteroatoms. The van der Waals surface area contributed by atoms with Crippen LogP contribution >= 0.6 is 0 Å². The smallest absolute Gasteiger partial charge is 0.475 e. The van der Waals surface area contributed by atoms with Crippen LogP contribution in [0.25, 0.3) is 43.7 Å². The molecule has 0 bridgehead atoms. The van der Waals surface area contributed by atoms with Gasteiger partial charge in [0.25, 0.3) is 0 Å². The van der Waals surface area contributed by atoms with E-state index in [1.54, 1.807) is 6.20 Å². The first-order valence-electron chi connectivity index (χ1n) is 9.27. The van der Waals surface area contributed by atoms with Crippen LogP contribution in [0.1, 0.15) is 0 Å². The van der Waals surface area contributed by atoms with Crippen LogP contribution in [0.4, 0.5) is 24.9 Å². The summed E-state index contributed by atoms with van der Waals surface area (Å²) in [6.45, 7) is 0. The van der Waals surface area contributed by atoms with Gasteiger partial charge in [-0.2, -0.15) is 18.2 Å². The Labute approximate surface area is 178 Å². The molecule has 5 rings (SSSR count). The summed E-state index contributed by atoms with van der Waals surface area (Å²) < 4.78 is 31.7. The van der Waals surface area contributed by atoms with Crippen LogP contribution in [0, 0.1) is 0 Å². The largest absolute Gasteiger partial charge is 0.490 e. The SMILES string of the molecule is Nc1nc(N)c2c(cc(-c3ccc4ccccc4c3)c3nccc32)[nH]1.O=C(O)C(F)(F)F. The first kappa shape index (κ1) is 20.9. The fraction of sp³-hybridized carbons (Fsp3) is 0.0455. The van der Waals surface area contributed by atoms with Gasteiger partial charge < -0.3 is 21.6 Å². The number of carbonyl (C=O) groups is 1. The quantitative estimate of drug-likeness (QED) is 0.299. The van der Waals surface area contributed by atoms with E-state index in [9.17, 15) is 13.2 Å². The molecule has 0 saturated carbocycles. The molecule has 0 aliphatic rings. The van der Waals surface area contributed by atoms with Crippen LogP contribution in [0.15, 0.2) is 60.8 Å². The number of nitrogens with two attached hydrogens (primary N) is 2. The Morgan fingerprint density at radius 2 is 1.69 bits per heavy atom. The molecule has 5 aromatic rings. The Balaban J connectivity index is 0.000000307. The van der Waals surface area contributed by atoms with Gasteiger partial charge in [0.2, 0.25) is 0 Å². The third kappa shape index (κ3) is 3.85. The maximum Gasteiger partial charge on any atom is 0.490 e. The minimum Gasteiger partial charge on any atom is -0.475 e. The first-order chi connectivity index (χ1) is 15.1. The second-order valence-electron chi connectivity index (χ2n) is 6.93. The summed E-state index contributed by atoms with van der Waals surface area (Å²) in [4.78, 5) is 20.7. The number of H-pyrrole nitrogens is 1. The fourth-order valence-electron chi connectivity index (χ4n) is 3.48. The molecular formula is C22H16F3N5O2. The maximum absolute atomic E-state index is 10.6. The lowest BCUT2D eigenvalue weighted by molar-refractivity contribution is -0.192. The van der Waals surface area contributed by atoms with Crippen molar-refractivity contribution in [3.05, 3.63) is 60.8 Å². The molecule has 0 saturated heterocycles. The topological polar surface area (TPSA) is 131 Å². The van der Waals surface area contributed by atoms with E-state index in [4.69, 9.17) is 21.4 Å². The number of aromatic amines is 1. The number of nitrogen functional groups attached to an aromatic ring is 2. The number of hydrogen-bond acceptors (Lipinski definition) is 5. The number of hydrogen-bond donors (Lipinski definition) is 4. The summed E-state index contributed by atoms with van der Waals surface area (Å²) >= 11 is 0. The monoisotopic (exact) mass is 439 g/mol. The Morgan fingerprint density at radius 3 is 2.38 bits per heavy atom. The van der Waals surface area contributed by atoms with Gasteiger partial charge in [-0.1, -0.05) is 36.4 Å². The average molecular weight is 439 g/mol. The lowest BCUT2D eigenvalue weighted by atomic mass is 9.97. The third-order valence-corrected chi connectivity index (χ3v) is 4.85. The molecule has 162 valence electrons. The molecule has 0 fully saturated rings. The second kappa shape index (κ2) is 7.73. The number of fused-ring (bicyclic) bond motifs is 4. The zero-order chi connectivity index (χ0) is 23.0. The first-order valence-corrected chi connectivity index (χ1v) is 9.27. The van der Waals surface area contributed by atoms with E-state index in [-0.39, 0.29) is 0 Å². The molecule has 0 aliphatic heterocycles. The number of aromatic nitrogens is 3. The van der Waals surface area contributed by atoms with Crippen LogP contribution in [0.2, 0.25) is 0 Å². The van der Waals surface area contributed by atoms with Crippen molar-refractivity contribution in [2.45, 2.75) is 6.18 Å². The lowest BCUT2D eigenvalue weighted by Gasteiger charge is -2.10. The molecule has 0 radical (unpaired) electrons. The van der Waals surface area contributed by atoms with E-state index < -0.39 is 12.1 Å². The number of benzene rings is 3. The molecule has 6 N–H and O–H groups in total. The van der Waals surface area contributed by atoms with Crippen molar-refractivity contribution in [3.8, 4) is 11.1 Å². The molecule has 3 aromatic carbocycles. The second-order valence-corrected chi connectivity index (χ2v) is 6.93. The van der Waals surface area contributed by atoms with Crippen LogP contribution in [0.3, 0.4) is 0 Å². The van der Waals surface area contributed by atoms with E-state index in [0.29, 0.717) is 11.8 Å². The number of halogens is 3. The summed E-state index contributed by atoms with van der Waals surface area (Å²) in [5, 5.41) is 11.4. The predicted octanol–water partition coefficient (Wildman–Crippen LogP) is 4.73. The number of aliphatic carboxylic acids is 1. The van der Waals surface area contributed by atoms with Gasteiger partial charge in [-0.15, -0.1) is 0 Å². The summed E-state index contributed by atoms with van der Waals surface area (Å²) in [6.07, 6.45) is -3.29. The van der Waals surface area contributed by atoms with Crippen molar-refractivity contribution in [2.24, 2.45) is 0 Å². The highest BCUT2D eigenvalue weighted by Crippen LogP contribution is 2.36. The number of carboxylic acid groups (broad SMARTS) is 1. The van der Waals surface area contributed by atoms with Crippen molar-refractivity contribution < 1.29 is 23.1 Å². The maximum atomic E-state index is 10.6. The Bertz CT molecular complexity index is 1480. The number of alkyl halides is 3. The summed E-state index contributed by atoms with van der Waals surface area (Å²) in [5.74, 6) is -2.05. The molecule has 0 amide bonds. The Kier molecular flexibility index (Phi) is 5.05. The van der Waals surface area contributed by atoms with Gasteiger partial charge >= 0.3 is 12.1 Å². The van der Waals surface area contributed by atoms with E-state index in [1.165, 1.54) is 10.8 Å². The van der Waals surface area contributed by atoms with Crippen molar-refractivity contribution in [3.63, 3.8) is 0 Å². The molecule has 2 aromatic heterocycles. The molecule has 0 spiro atoms. The number of carboxylic acids is 1. The van der Waals surface area contributed by atoms with Crippen molar-refractivity contribution in [2.75, 3.05) is 11.5 Å². The van der Waals surface area contributed by atoms with Gasteiger partial charge in [0.1, 0.15) is 5.82 Å². The summed E-state index contributed by atoms with van der Waals surface area (Å²) in [7, 11) is 0. The van der Waals surface area contributed by atoms with E-state index in [2.05, 4.69) is 45.3 Å². The van der Waals surface area contributed by atoms with Crippen molar-refractivity contribution in [1.29, 1.82) is 0 Å². The number of nitrogens with zero attached hydrogens (tertiary/aromatic N) is 2. The minimum absolute atomic E-state index is 0.299. The lowest BCUT2D eigenvalue weighted by Crippen LogP contribution is -2.21. The Morgan fingerprint density at radius 1 is 1.00 bits per heavy atom. The number of rotatable bonds is 1. The molecular weight excluding hydrogens is 423 g/mol. The molecule has 7 nitrogen and oxygen atoms in total. The highest BCUT2D eigenvalue weighted by Gasteiger charge is 2.38. The number of anilines is 2. The van der Waals surface area contributed by atoms with E-state index in [0.717, 1.165) is 32.9 Å². The minimum atomic E-state index is -5.08. The molecule has 0 aliphatic carbocycles. The fourth-order valence-corrected chi connectivity index (χ4v) is 3.48. The van der Waals surface area contributed by atoms with E-state index >= 15 is 0 Å². The highest BCUT2D eigenvalue weighted by atomic mass is 19.4. The van der Waals surface area contributed by atoms with Gasteiger partial charge in [-0.05, 0) is 34.5 Å². The highest BCUT2D eigenvalue weighted by molar-refractivity contribution is 6.15. The third-order valence-electron chi connectivity index (χ3n) is 4.85. The van der Waals surface area contributed by atoms with Gasteiger partial charge in [0.15, 0.2) is 5.95 Å². The summed E-state index contributed by atoms with van der Waals surface area (Å²) in [6, 6.07) is 18.7. The van der Waals surface area contributed by atoms with Crippen LogP contribution in [-0.4, -0.2) is 32.2 Å². The standard InChI is InChI=1S/C20H15N5.C2HF3O2/c21-19-17-14-7-8-23-18(14)15(10-16(17)24-20(22)25-19)13-6-5-11-3-1-2-4-12(11)9-13;3-2(4,5)1(6)7/h1-10H,21H2,(H3,22,24,25);(H,6,7). The van der Waals surface area contributed by atoms with Gasteiger partial charge in [0.05, 0.1) is 11.0 Å².